The molecule has 3 aromatic carbocycles. The average Bonchev–Trinajstić information content (AvgIpc) is 4.14. The van der Waals surface area contributed by atoms with E-state index in [0.29, 0.717) is 45.7 Å². The maximum Gasteiger partial charge on any atom is 0.310 e. The Balaban J connectivity index is 0.000000209. The summed E-state index contributed by atoms with van der Waals surface area (Å²) in [6.07, 6.45) is 5.37. The molecule has 0 unspecified atom stereocenters. The van der Waals surface area contributed by atoms with Crippen LogP contribution in [0.2, 0.25) is 0 Å². The van der Waals surface area contributed by atoms with Crippen LogP contribution in [-0.4, -0.2) is 74.5 Å². The third kappa shape index (κ3) is 16.3. The van der Waals surface area contributed by atoms with Crippen molar-refractivity contribution in [3.63, 3.8) is 0 Å². The van der Waals surface area contributed by atoms with Gasteiger partial charge in [0.25, 0.3) is 0 Å². The van der Waals surface area contributed by atoms with E-state index in [1.165, 1.54) is 45.3 Å². The number of hydrogen-bond acceptors (Lipinski definition) is 21. The molecule has 7 aromatic rings. The number of esters is 1. The third-order valence-electron chi connectivity index (χ3n) is 9.23. The number of hydrogen-bond donors (Lipinski definition) is 6. The number of benzene rings is 3. The molecule has 65 heavy (non-hydrogen) atoms. The van der Waals surface area contributed by atoms with Crippen LogP contribution in [0.1, 0.15) is 66.3 Å². The average molecular weight is 975 g/mol. The van der Waals surface area contributed by atoms with E-state index < -0.39 is 0 Å². The molecular formula is C42H46N12O6S5. The largest absolute Gasteiger partial charge is 0.461 e. The summed E-state index contributed by atoms with van der Waals surface area (Å²) in [6.45, 7) is 0.212. The summed E-state index contributed by atoms with van der Waals surface area (Å²) in [4.78, 5) is 35.5. The standard InChI is InChI=1S/C25H26N6O4S3.C9H8O2.C8H12N6S2/c32-13-18-7-3-1-5-16(18)11-20(34)26-24-30-28-22(37-24)9-10-36-15-23-29-31-25(38-23)27-21(35)12-17-6-2-4-8-19(17)14-33;10-9-5-7-3-1-2-4-8(7)6-11-9;9-7-13-11-5(15-7)3-1-2-4-6-12-14-8(10)16-6/h1-8,32-33H,9-15H2,(H,26,30,34)(H,27,31,35);1-4H,5-6H2;1-4H2,(H2,9,13)(H2,10,14). The highest BCUT2D eigenvalue weighted by Crippen LogP contribution is 2.24. The van der Waals surface area contributed by atoms with Crippen molar-refractivity contribution in [1.82, 2.24) is 40.8 Å². The number of aromatic nitrogens is 8. The van der Waals surface area contributed by atoms with Crippen molar-refractivity contribution >= 4 is 95.4 Å². The quantitative estimate of drug-likeness (QED) is 0.0450. The molecule has 1 aliphatic heterocycles. The summed E-state index contributed by atoms with van der Waals surface area (Å²) in [5.41, 5.74) is 16.2. The Morgan fingerprint density at radius 3 is 1.58 bits per heavy atom. The zero-order valence-electron chi connectivity index (χ0n) is 34.9. The van der Waals surface area contributed by atoms with Crippen LogP contribution in [0.3, 0.4) is 0 Å². The molecule has 0 radical (unpaired) electrons. The van der Waals surface area contributed by atoms with Gasteiger partial charge in [0.2, 0.25) is 32.3 Å². The van der Waals surface area contributed by atoms with Crippen LogP contribution in [-0.2, 0) is 83.2 Å². The van der Waals surface area contributed by atoms with E-state index in [-0.39, 0.29) is 43.8 Å². The van der Waals surface area contributed by atoms with Crippen molar-refractivity contribution in [2.45, 2.75) is 76.9 Å². The Labute approximate surface area is 394 Å². The first kappa shape index (κ1) is 48.6. The number of cyclic esters (lactones) is 1. The van der Waals surface area contributed by atoms with Gasteiger partial charge in [-0.3, -0.25) is 14.4 Å². The molecule has 0 spiro atoms. The summed E-state index contributed by atoms with van der Waals surface area (Å²) >= 11 is 7.23. The van der Waals surface area contributed by atoms with Gasteiger partial charge in [-0.15, -0.1) is 40.8 Å². The lowest BCUT2D eigenvalue weighted by Gasteiger charge is -2.14. The number of aliphatic hydroxyl groups excluding tert-OH is 2. The fraction of sp³-hybridized carbons (Fsp3) is 0.310. The summed E-state index contributed by atoms with van der Waals surface area (Å²) in [6, 6.07) is 22.4. The molecule has 8 N–H and O–H groups in total. The lowest BCUT2D eigenvalue weighted by atomic mass is 10.0. The molecular weight excluding hydrogens is 929 g/mol. The summed E-state index contributed by atoms with van der Waals surface area (Å²) in [5, 5.41) is 61.8. The Morgan fingerprint density at radius 1 is 0.600 bits per heavy atom. The molecule has 1 aliphatic rings. The van der Waals surface area contributed by atoms with Gasteiger partial charge in [-0.05, 0) is 46.2 Å². The number of nitrogen functional groups attached to an aromatic ring is 2. The Hall–Kier alpha value is -5.82. The van der Waals surface area contributed by atoms with E-state index in [0.717, 1.165) is 84.8 Å². The number of aliphatic hydroxyl groups is 2. The number of nitrogens with two attached hydrogens (primary N) is 2. The number of amides is 2. The molecule has 0 aliphatic carbocycles. The van der Waals surface area contributed by atoms with Crippen molar-refractivity contribution in [3.05, 3.63) is 126 Å². The van der Waals surface area contributed by atoms with Crippen molar-refractivity contribution < 1.29 is 29.3 Å². The van der Waals surface area contributed by atoms with E-state index in [9.17, 15) is 24.6 Å². The molecule has 4 aromatic heterocycles. The fourth-order valence-corrected chi connectivity index (χ4v) is 9.99. The van der Waals surface area contributed by atoms with Crippen LogP contribution in [0.5, 0.6) is 0 Å². The number of unbranched alkanes of at least 4 members (excludes halogenated alkanes) is 1. The Morgan fingerprint density at radius 2 is 1.06 bits per heavy atom. The molecule has 0 saturated heterocycles. The number of aryl methyl sites for hydroxylation is 3. The molecule has 0 bridgehead atoms. The minimum Gasteiger partial charge on any atom is -0.461 e. The van der Waals surface area contributed by atoms with Gasteiger partial charge < -0.3 is 37.1 Å². The topological polar surface area (TPSA) is 280 Å². The van der Waals surface area contributed by atoms with Gasteiger partial charge >= 0.3 is 5.97 Å². The third-order valence-corrected chi connectivity index (χ3v) is 13.7. The van der Waals surface area contributed by atoms with Crippen molar-refractivity contribution in [2.75, 3.05) is 27.9 Å². The van der Waals surface area contributed by atoms with Gasteiger partial charge in [0, 0.05) is 30.8 Å². The van der Waals surface area contributed by atoms with Gasteiger partial charge in [-0.25, -0.2) is 0 Å². The van der Waals surface area contributed by atoms with E-state index >= 15 is 0 Å². The van der Waals surface area contributed by atoms with Crippen LogP contribution in [0, 0.1) is 0 Å². The maximum atomic E-state index is 12.4. The van der Waals surface area contributed by atoms with E-state index in [4.69, 9.17) is 16.2 Å². The zero-order valence-corrected chi connectivity index (χ0v) is 39.0. The van der Waals surface area contributed by atoms with Crippen LogP contribution in [0.25, 0.3) is 0 Å². The van der Waals surface area contributed by atoms with Gasteiger partial charge in [0.15, 0.2) is 0 Å². The molecule has 8 rings (SSSR count). The molecule has 2 amide bonds. The monoisotopic (exact) mass is 974 g/mol. The number of nitrogens with one attached hydrogen (secondary N) is 2. The summed E-state index contributed by atoms with van der Waals surface area (Å²) in [5.74, 6) is 0.889. The molecule has 0 atom stereocenters. The molecule has 0 fully saturated rings. The predicted molar refractivity (Wildman–Crippen MR) is 254 cm³/mol. The molecule has 23 heteroatoms. The highest BCUT2D eigenvalue weighted by molar-refractivity contribution is 7.98. The van der Waals surface area contributed by atoms with Gasteiger partial charge in [-0.1, -0.05) is 118 Å². The van der Waals surface area contributed by atoms with Crippen LogP contribution in [0.15, 0.2) is 72.8 Å². The van der Waals surface area contributed by atoms with E-state index in [1.54, 1.807) is 23.9 Å². The molecule has 0 saturated carbocycles. The summed E-state index contributed by atoms with van der Waals surface area (Å²) in [7, 11) is 0. The number of fused-ring (bicyclic) bond motifs is 1. The number of carbonyl (C=O) groups is 3. The molecule has 5 heterocycles. The fourth-order valence-electron chi connectivity index (χ4n) is 6.05. The number of ether oxygens (including phenoxy) is 1. The zero-order chi connectivity index (χ0) is 45.8. The normalized spacial score (nSPS) is 11.6. The second-order valence-corrected chi connectivity index (χ2v) is 19.4. The molecule has 340 valence electrons. The summed E-state index contributed by atoms with van der Waals surface area (Å²) < 4.78 is 4.87. The predicted octanol–water partition coefficient (Wildman–Crippen LogP) is 5.62. The second kappa shape index (κ2) is 25.6. The second-order valence-electron chi connectivity index (χ2n) is 14.0. The van der Waals surface area contributed by atoms with Crippen molar-refractivity contribution in [3.8, 4) is 0 Å². The number of carbonyl (C=O) groups excluding carboxylic acids is 3. The van der Waals surface area contributed by atoms with Crippen molar-refractivity contribution in [1.29, 1.82) is 0 Å². The number of nitrogens with zero attached hydrogens (tertiary/aromatic N) is 8. The van der Waals surface area contributed by atoms with Crippen LogP contribution >= 0.6 is 57.1 Å². The first-order valence-corrected chi connectivity index (χ1v) is 24.6. The number of anilines is 4. The molecule has 18 nitrogen and oxygen atoms in total. The van der Waals surface area contributed by atoms with Crippen molar-refractivity contribution in [2.24, 2.45) is 0 Å². The van der Waals surface area contributed by atoms with E-state index in [1.807, 2.05) is 60.7 Å². The Kier molecular flexibility index (Phi) is 19.2. The lowest BCUT2D eigenvalue weighted by molar-refractivity contribution is -0.145. The van der Waals surface area contributed by atoms with Gasteiger partial charge in [0.05, 0.1) is 32.5 Å². The van der Waals surface area contributed by atoms with Gasteiger partial charge in [0.1, 0.15) is 26.6 Å². The van der Waals surface area contributed by atoms with Crippen LogP contribution < -0.4 is 22.1 Å². The van der Waals surface area contributed by atoms with E-state index in [2.05, 4.69) is 51.4 Å². The smallest absolute Gasteiger partial charge is 0.310 e. The number of rotatable bonds is 18. The highest BCUT2D eigenvalue weighted by atomic mass is 32.2. The first-order valence-electron chi connectivity index (χ1n) is 20.2. The lowest BCUT2D eigenvalue weighted by Crippen LogP contribution is -2.15. The minimum absolute atomic E-state index is 0.114. The first-order chi connectivity index (χ1) is 31.6. The van der Waals surface area contributed by atoms with Gasteiger partial charge in [-0.2, -0.15) is 11.8 Å². The number of thioether (sulfide) groups is 1. The SMILES string of the molecule is Nc1nnc(CCCCc2nnc(N)s2)s1.O=C(Cc1ccccc1CO)Nc1nnc(CCSCc2nnc(NC(=O)Cc3ccccc3CO)s2)s1.O=C1Cc2ccccc2CO1. The Bertz CT molecular complexity index is 2470. The highest BCUT2D eigenvalue weighted by Gasteiger charge is 2.16. The minimum atomic E-state index is -0.210. The maximum absolute atomic E-state index is 12.4. The van der Waals surface area contributed by atoms with Crippen LogP contribution in [0.4, 0.5) is 20.5 Å².